The fourth-order valence-electron chi connectivity index (χ4n) is 4.72. The van der Waals surface area contributed by atoms with Crippen LogP contribution in [0, 0.1) is 29.3 Å². The summed E-state index contributed by atoms with van der Waals surface area (Å²) >= 11 is 0. The van der Waals surface area contributed by atoms with Gasteiger partial charge in [-0.2, -0.15) is 8.78 Å². The van der Waals surface area contributed by atoms with Gasteiger partial charge in [-0.15, -0.1) is 0 Å². The second-order valence-corrected chi connectivity index (χ2v) is 8.54. The molecule has 1 unspecified atom stereocenters. The fourth-order valence-corrected chi connectivity index (χ4v) is 4.72. The maximum Gasteiger partial charge on any atom is 0.338 e. The minimum Gasteiger partial charge on any atom is -0.487 e. The highest BCUT2D eigenvalue weighted by molar-refractivity contribution is 5.88. The molecule has 0 bridgehead atoms. The van der Waals surface area contributed by atoms with Crippen LogP contribution in [0.4, 0.5) is 22.0 Å². The zero-order valence-electron chi connectivity index (χ0n) is 17.6. The van der Waals surface area contributed by atoms with Crippen LogP contribution < -0.4 is 4.74 Å². The molecule has 0 saturated heterocycles. The average Bonchev–Trinajstić information content (AvgIpc) is 2.93. The standard InChI is InChI=1S/C24H21F5O5/c25-12-3-7-16(17(26)9-12)24(28,29)20(31)8-6-13-14-4-1-11-2-5-15(23(32)33)21(27)22(11)34-19(14)10-18(13)30/h2-3,5-9,13-14,18-20,30-31H,1,4,10H2,(H,32,33)/b8-6+/t13-,14-,18-,19+,20?/m1/s1. The number of carbonyl (C=O) groups is 1. The van der Waals surface area contributed by atoms with Crippen molar-refractivity contribution in [3.8, 4) is 5.75 Å². The van der Waals surface area contributed by atoms with Crippen molar-refractivity contribution in [2.75, 3.05) is 0 Å². The molecule has 1 aliphatic heterocycles. The lowest BCUT2D eigenvalue weighted by Gasteiger charge is -2.23. The van der Waals surface area contributed by atoms with Gasteiger partial charge in [0.2, 0.25) is 0 Å². The third-order valence-corrected chi connectivity index (χ3v) is 6.49. The van der Waals surface area contributed by atoms with Crippen LogP contribution in [0.2, 0.25) is 0 Å². The molecular formula is C24H21F5O5. The van der Waals surface area contributed by atoms with E-state index in [1.165, 1.54) is 12.1 Å². The molecule has 0 amide bonds. The van der Waals surface area contributed by atoms with Crippen LogP contribution >= 0.6 is 0 Å². The lowest BCUT2D eigenvalue weighted by Crippen LogP contribution is -2.31. The number of carboxylic acid groups (broad SMARTS) is 1. The topological polar surface area (TPSA) is 87.0 Å². The Morgan fingerprint density at radius 3 is 2.59 bits per heavy atom. The largest absolute Gasteiger partial charge is 0.487 e. The average molecular weight is 484 g/mol. The Morgan fingerprint density at radius 2 is 1.91 bits per heavy atom. The van der Waals surface area contributed by atoms with E-state index in [4.69, 9.17) is 9.84 Å². The van der Waals surface area contributed by atoms with E-state index in [0.717, 1.165) is 12.1 Å². The molecule has 5 atom stereocenters. The van der Waals surface area contributed by atoms with Gasteiger partial charge in [0.15, 0.2) is 11.6 Å². The van der Waals surface area contributed by atoms with Crippen LogP contribution in [0.25, 0.3) is 0 Å². The molecule has 1 aliphatic carbocycles. The summed E-state index contributed by atoms with van der Waals surface area (Å²) in [7, 11) is 0. The number of ether oxygens (including phenoxy) is 1. The van der Waals surface area contributed by atoms with Gasteiger partial charge >= 0.3 is 11.9 Å². The maximum atomic E-state index is 14.7. The highest BCUT2D eigenvalue weighted by Crippen LogP contribution is 2.44. The SMILES string of the molecule is O=C(O)c1ccc2c(c1F)O[C@H]1C[C@@H](O)[C@H](/C=C/C(O)C(F)(F)c3ccc(F)cc3F)[C@H]1CC2. The molecule has 10 heteroatoms. The quantitative estimate of drug-likeness (QED) is 0.438. The van der Waals surface area contributed by atoms with Crippen molar-refractivity contribution in [3.63, 3.8) is 0 Å². The number of hydrogen-bond donors (Lipinski definition) is 3. The van der Waals surface area contributed by atoms with Crippen molar-refractivity contribution < 1.29 is 46.8 Å². The number of hydrogen-bond acceptors (Lipinski definition) is 4. The Hall–Kier alpha value is -2.98. The summed E-state index contributed by atoms with van der Waals surface area (Å²) in [5, 5.41) is 29.7. The number of aryl methyl sites for hydroxylation is 1. The molecule has 0 aromatic heterocycles. The number of aliphatic hydroxyl groups is 2. The van der Waals surface area contributed by atoms with Gasteiger partial charge in [0, 0.05) is 24.3 Å². The van der Waals surface area contributed by atoms with Crippen LogP contribution in [0.1, 0.15) is 34.3 Å². The molecular weight excluding hydrogens is 463 g/mol. The fraction of sp³-hybridized carbons (Fsp3) is 0.375. The van der Waals surface area contributed by atoms with Crippen LogP contribution in [0.15, 0.2) is 42.5 Å². The van der Waals surface area contributed by atoms with Crippen LogP contribution in [0.5, 0.6) is 5.75 Å². The molecule has 5 nitrogen and oxygen atoms in total. The van der Waals surface area contributed by atoms with Gasteiger partial charge in [0.25, 0.3) is 0 Å². The molecule has 0 radical (unpaired) electrons. The van der Waals surface area contributed by atoms with Gasteiger partial charge < -0.3 is 20.1 Å². The summed E-state index contributed by atoms with van der Waals surface area (Å²) in [6.45, 7) is 0. The first-order chi connectivity index (χ1) is 16.0. The molecule has 3 N–H and O–H groups in total. The van der Waals surface area contributed by atoms with Crippen molar-refractivity contribution in [1.82, 2.24) is 0 Å². The van der Waals surface area contributed by atoms with E-state index in [9.17, 15) is 37.0 Å². The highest BCUT2D eigenvalue weighted by Gasteiger charge is 2.46. The Labute approximate surface area is 191 Å². The number of halogens is 5. The second-order valence-electron chi connectivity index (χ2n) is 8.54. The van der Waals surface area contributed by atoms with Gasteiger partial charge in [0.1, 0.15) is 23.8 Å². The Bertz CT molecular complexity index is 1130. The molecule has 1 heterocycles. The Kier molecular flexibility index (Phi) is 6.39. The third-order valence-electron chi connectivity index (χ3n) is 6.49. The monoisotopic (exact) mass is 484 g/mol. The molecule has 2 aliphatic rings. The molecule has 2 aromatic rings. The third kappa shape index (κ3) is 4.27. The van der Waals surface area contributed by atoms with Crippen molar-refractivity contribution in [2.45, 2.75) is 43.5 Å². The van der Waals surface area contributed by atoms with Gasteiger partial charge in [0.05, 0.1) is 17.2 Å². The minimum absolute atomic E-state index is 0.0366. The predicted octanol–water partition coefficient (Wildman–Crippen LogP) is 4.20. The number of benzene rings is 2. The lowest BCUT2D eigenvalue weighted by molar-refractivity contribution is -0.0953. The zero-order valence-corrected chi connectivity index (χ0v) is 17.6. The van der Waals surface area contributed by atoms with E-state index in [-0.39, 0.29) is 12.2 Å². The number of alkyl halides is 2. The van der Waals surface area contributed by atoms with E-state index in [1.54, 1.807) is 0 Å². The predicted molar refractivity (Wildman–Crippen MR) is 109 cm³/mol. The minimum atomic E-state index is -4.07. The number of rotatable bonds is 5. The second kappa shape index (κ2) is 8.99. The molecule has 4 rings (SSSR count). The smallest absolute Gasteiger partial charge is 0.338 e. The van der Waals surface area contributed by atoms with E-state index < -0.39 is 70.6 Å². The first-order valence-electron chi connectivity index (χ1n) is 10.6. The molecule has 1 saturated carbocycles. The summed E-state index contributed by atoms with van der Waals surface area (Å²) in [6, 6.07) is 4.09. The molecule has 1 fully saturated rings. The van der Waals surface area contributed by atoms with Crippen molar-refractivity contribution >= 4 is 5.97 Å². The van der Waals surface area contributed by atoms with Gasteiger partial charge in [-0.05, 0) is 36.6 Å². The molecule has 0 spiro atoms. The number of fused-ring (bicyclic) bond motifs is 2. The van der Waals surface area contributed by atoms with Crippen LogP contribution in [0.3, 0.4) is 0 Å². The Morgan fingerprint density at radius 1 is 1.18 bits per heavy atom. The number of carboxylic acids is 1. The summed E-state index contributed by atoms with van der Waals surface area (Å²) in [4.78, 5) is 11.2. The lowest BCUT2D eigenvalue weighted by atomic mass is 9.87. The van der Waals surface area contributed by atoms with Crippen molar-refractivity contribution in [3.05, 3.63) is 76.6 Å². The molecule has 182 valence electrons. The van der Waals surface area contributed by atoms with Gasteiger partial charge in [-0.25, -0.2) is 18.0 Å². The van der Waals surface area contributed by atoms with Gasteiger partial charge in [-0.1, -0.05) is 18.2 Å². The summed E-state index contributed by atoms with van der Waals surface area (Å²) in [5.74, 6) is -10.5. The van der Waals surface area contributed by atoms with E-state index in [0.29, 0.717) is 36.6 Å². The maximum absolute atomic E-state index is 14.7. The van der Waals surface area contributed by atoms with Crippen LogP contribution in [-0.4, -0.2) is 39.6 Å². The first-order valence-corrected chi connectivity index (χ1v) is 10.6. The van der Waals surface area contributed by atoms with Crippen LogP contribution in [-0.2, 0) is 12.3 Å². The van der Waals surface area contributed by atoms with Crippen molar-refractivity contribution in [1.29, 1.82) is 0 Å². The van der Waals surface area contributed by atoms with E-state index in [2.05, 4.69) is 0 Å². The normalized spacial score (nSPS) is 25.4. The zero-order chi connectivity index (χ0) is 24.8. The number of aliphatic hydroxyl groups excluding tert-OH is 2. The highest BCUT2D eigenvalue weighted by atomic mass is 19.3. The Balaban J connectivity index is 1.55. The van der Waals surface area contributed by atoms with Gasteiger partial charge in [-0.3, -0.25) is 0 Å². The molecule has 2 aromatic carbocycles. The summed E-state index contributed by atoms with van der Waals surface area (Å²) in [5.41, 5.74) is -1.27. The van der Waals surface area contributed by atoms with Crippen molar-refractivity contribution in [2.24, 2.45) is 11.8 Å². The summed E-state index contributed by atoms with van der Waals surface area (Å²) in [6.07, 6.45) is -1.56. The number of aromatic carboxylic acids is 1. The molecule has 34 heavy (non-hydrogen) atoms. The van der Waals surface area contributed by atoms with E-state index in [1.807, 2.05) is 0 Å². The summed E-state index contributed by atoms with van der Waals surface area (Å²) < 4.78 is 76.5. The first kappa shape index (κ1) is 24.2. The van der Waals surface area contributed by atoms with E-state index >= 15 is 0 Å².